The van der Waals surface area contributed by atoms with E-state index in [4.69, 9.17) is 0 Å². The lowest BCUT2D eigenvalue weighted by molar-refractivity contribution is -0.137. The fourth-order valence-corrected chi connectivity index (χ4v) is 2.18. The van der Waals surface area contributed by atoms with Crippen molar-refractivity contribution in [2.75, 3.05) is 11.9 Å². The van der Waals surface area contributed by atoms with E-state index < -0.39 is 30.1 Å². The Morgan fingerprint density at radius 1 is 1.00 bits per heavy atom. The van der Waals surface area contributed by atoms with Gasteiger partial charge in [0.15, 0.2) is 0 Å². The highest BCUT2D eigenvalue weighted by molar-refractivity contribution is 5.99. The Hall–Kier alpha value is -2.83. The van der Waals surface area contributed by atoms with Crippen LogP contribution < -0.4 is 10.6 Å². The summed E-state index contributed by atoms with van der Waals surface area (Å²) >= 11 is 0. The monoisotopic (exact) mass is 350 g/mol. The van der Waals surface area contributed by atoms with Crippen LogP contribution in [-0.4, -0.2) is 18.4 Å². The van der Waals surface area contributed by atoms with Crippen molar-refractivity contribution < 1.29 is 22.8 Å². The lowest BCUT2D eigenvalue weighted by atomic mass is 10.1. The van der Waals surface area contributed by atoms with E-state index in [1.807, 2.05) is 13.8 Å². The van der Waals surface area contributed by atoms with Gasteiger partial charge in [-0.3, -0.25) is 9.59 Å². The predicted molar refractivity (Wildman–Crippen MR) is 88.3 cm³/mol. The molecule has 0 spiro atoms. The molecule has 0 saturated heterocycles. The summed E-state index contributed by atoms with van der Waals surface area (Å²) in [7, 11) is 0. The maximum absolute atomic E-state index is 12.9. The summed E-state index contributed by atoms with van der Waals surface area (Å²) < 4.78 is 38.7. The Bertz CT molecular complexity index is 801. The van der Waals surface area contributed by atoms with E-state index in [1.165, 1.54) is 12.1 Å². The van der Waals surface area contributed by atoms with E-state index in [-0.39, 0.29) is 5.69 Å². The summed E-state index contributed by atoms with van der Waals surface area (Å²) in [6.07, 6.45) is -4.58. The van der Waals surface area contributed by atoms with Crippen molar-refractivity contribution in [2.24, 2.45) is 0 Å². The highest BCUT2D eigenvalue weighted by Gasteiger charge is 2.33. The van der Waals surface area contributed by atoms with Crippen molar-refractivity contribution in [1.82, 2.24) is 5.32 Å². The second-order valence-corrected chi connectivity index (χ2v) is 5.57. The summed E-state index contributed by atoms with van der Waals surface area (Å²) in [4.78, 5) is 23.9. The molecule has 0 heterocycles. The first-order valence-electron chi connectivity index (χ1n) is 7.50. The Balaban J connectivity index is 1.99. The first-order chi connectivity index (χ1) is 11.7. The fourth-order valence-electron chi connectivity index (χ4n) is 2.18. The van der Waals surface area contributed by atoms with Crippen molar-refractivity contribution in [3.8, 4) is 0 Å². The number of alkyl halides is 3. The second kappa shape index (κ2) is 7.38. The quantitative estimate of drug-likeness (QED) is 0.884. The van der Waals surface area contributed by atoms with Gasteiger partial charge < -0.3 is 10.6 Å². The zero-order valence-corrected chi connectivity index (χ0v) is 13.7. The van der Waals surface area contributed by atoms with Crippen molar-refractivity contribution in [3.05, 3.63) is 64.7 Å². The van der Waals surface area contributed by atoms with E-state index in [0.717, 1.165) is 23.3 Å². The van der Waals surface area contributed by atoms with Crippen molar-refractivity contribution in [3.63, 3.8) is 0 Å². The number of aryl methyl sites for hydroxylation is 2. The summed E-state index contributed by atoms with van der Waals surface area (Å²) in [6, 6.07) is 9.74. The maximum Gasteiger partial charge on any atom is 0.418 e. The van der Waals surface area contributed by atoms with Gasteiger partial charge in [0.25, 0.3) is 5.91 Å². The topological polar surface area (TPSA) is 58.2 Å². The van der Waals surface area contributed by atoms with Crippen LogP contribution in [0.1, 0.15) is 27.0 Å². The zero-order chi connectivity index (χ0) is 18.6. The first kappa shape index (κ1) is 18.5. The third kappa shape index (κ3) is 4.82. The molecule has 4 nitrogen and oxygen atoms in total. The molecule has 7 heteroatoms. The van der Waals surface area contributed by atoms with E-state index in [2.05, 4.69) is 10.6 Å². The third-order valence-corrected chi connectivity index (χ3v) is 3.69. The van der Waals surface area contributed by atoms with Crippen molar-refractivity contribution >= 4 is 17.5 Å². The number of benzene rings is 2. The molecule has 0 aliphatic carbocycles. The molecule has 0 saturated carbocycles. The number of rotatable bonds is 4. The lowest BCUT2D eigenvalue weighted by Crippen LogP contribution is -2.33. The lowest BCUT2D eigenvalue weighted by Gasteiger charge is -2.13. The number of anilines is 1. The highest BCUT2D eigenvalue weighted by atomic mass is 19.4. The van der Waals surface area contributed by atoms with E-state index >= 15 is 0 Å². The average Bonchev–Trinajstić information content (AvgIpc) is 2.54. The first-order valence-corrected chi connectivity index (χ1v) is 7.50. The molecular weight excluding hydrogens is 333 g/mol. The zero-order valence-electron chi connectivity index (χ0n) is 13.7. The molecule has 0 aromatic heterocycles. The van der Waals surface area contributed by atoms with Crippen LogP contribution in [0.3, 0.4) is 0 Å². The van der Waals surface area contributed by atoms with E-state index in [9.17, 15) is 22.8 Å². The van der Waals surface area contributed by atoms with Crippen LogP contribution in [0.15, 0.2) is 42.5 Å². The van der Waals surface area contributed by atoms with E-state index in [1.54, 1.807) is 18.2 Å². The van der Waals surface area contributed by atoms with Gasteiger partial charge >= 0.3 is 6.18 Å². The molecule has 2 aromatic carbocycles. The van der Waals surface area contributed by atoms with Gasteiger partial charge in [-0.15, -0.1) is 0 Å². The van der Waals surface area contributed by atoms with Gasteiger partial charge in [-0.1, -0.05) is 18.2 Å². The molecule has 0 unspecified atom stereocenters. The number of nitrogens with one attached hydrogen (secondary N) is 2. The van der Waals surface area contributed by atoms with Gasteiger partial charge in [0.2, 0.25) is 5.91 Å². The molecule has 0 atom stereocenters. The number of para-hydroxylation sites is 1. The van der Waals surface area contributed by atoms with Gasteiger partial charge in [0, 0.05) is 5.56 Å². The smallest absolute Gasteiger partial charge is 0.343 e. The largest absolute Gasteiger partial charge is 0.418 e. The van der Waals surface area contributed by atoms with Crippen LogP contribution in [-0.2, 0) is 11.0 Å². The van der Waals surface area contributed by atoms with Crippen LogP contribution in [0.25, 0.3) is 0 Å². The van der Waals surface area contributed by atoms with Gasteiger partial charge in [-0.2, -0.15) is 13.2 Å². The van der Waals surface area contributed by atoms with Crippen molar-refractivity contribution in [2.45, 2.75) is 20.0 Å². The highest BCUT2D eigenvalue weighted by Crippen LogP contribution is 2.34. The number of halogens is 3. The fraction of sp³-hybridized carbons (Fsp3) is 0.222. The molecule has 0 radical (unpaired) electrons. The second-order valence-electron chi connectivity index (χ2n) is 5.57. The van der Waals surface area contributed by atoms with Crippen LogP contribution in [0.2, 0.25) is 0 Å². The minimum Gasteiger partial charge on any atom is -0.343 e. The average molecular weight is 350 g/mol. The van der Waals surface area contributed by atoms with Crippen LogP contribution in [0, 0.1) is 13.8 Å². The Morgan fingerprint density at radius 2 is 1.68 bits per heavy atom. The van der Waals surface area contributed by atoms with Crippen LogP contribution >= 0.6 is 0 Å². The molecule has 0 bridgehead atoms. The van der Waals surface area contributed by atoms with Gasteiger partial charge in [0.05, 0.1) is 17.8 Å². The van der Waals surface area contributed by atoms with Gasteiger partial charge in [-0.25, -0.2) is 0 Å². The molecule has 0 fully saturated rings. The molecule has 2 aromatic rings. The Morgan fingerprint density at radius 3 is 2.32 bits per heavy atom. The van der Waals surface area contributed by atoms with Gasteiger partial charge in [0.1, 0.15) is 0 Å². The molecule has 132 valence electrons. The Labute approximate surface area is 143 Å². The normalized spacial score (nSPS) is 11.1. The number of carbonyl (C=O) groups excluding carboxylic acids is 2. The van der Waals surface area contributed by atoms with Crippen molar-refractivity contribution in [1.29, 1.82) is 0 Å². The van der Waals surface area contributed by atoms with E-state index in [0.29, 0.717) is 5.56 Å². The minimum atomic E-state index is -4.58. The molecule has 25 heavy (non-hydrogen) atoms. The number of hydrogen-bond acceptors (Lipinski definition) is 2. The molecule has 0 aliphatic heterocycles. The number of hydrogen-bond donors (Lipinski definition) is 2. The number of carbonyl (C=O) groups is 2. The maximum atomic E-state index is 12.9. The molecule has 2 amide bonds. The minimum absolute atomic E-state index is 0.347. The third-order valence-electron chi connectivity index (χ3n) is 3.69. The Kier molecular flexibility index (Phi) is 5.46. The predicted octanol–water partition coefficient (Wildman–Crippen LogP) is 3.69. The van der Waals surface area contributed by atoms with Crippen LogP contribution in [0.4, 0.5) is 18.9 Å². The van der Waals surface area contributed by atoms with Gasteiger partial charge in [-0.05, 0) is 49.2 Å². The molecule has 2 rings (SSSR count). The van der Waals surface area contributed by atoms with Crippen LogP contribution in [0.5, 0.6) is 0 Å². The molecular formula is C18H17F3N2O2. The molecule has 2 N–H and O–H groups in total. The summed E-state index contributed by atoms with van der Waals surface area (Å²) in [5, 5.41) is 4.56. The molecule has 0 aliphatic rings. The summed E-state index contributed by atoms with van der Waals surface area (Å²) in [5.74, 6) is -1.21. The SMILES string of the molecule is Cc1ccc(C(=O)NCC(=O)Nc2ccccc2C(F)(F)F)cc1C. The standard InChI is InChI=1S/C18H17F3N2O2/c1-11-7-8-13(9-12(11)2)17(25)22-10-16(24)23-15-6-4-3-5-14(15)18(19,20)21/h3-9H,10H2,1-2H3,(H,22,25)(H,23,24). The number of amides is 2. The summed E-state index contributed by atoms with van der Waals surface area (Å²) in [6.45, 7) is 3.33. The summed E-state index contributed by atoms with van der Waals surface area (Å²) in [5.41, 5.74) is 1.05.